The zero-order valence-electron chi connectivity index (χ0n) is 21.6. The number of likely N-dealkylation sites (N-methyl/N-ethyl adjacent to an activating group) is 1. The molecule has 0 bridgehead atoms. The molecule has 0 saturated carbocycles. The number of benzene rings is 3. The number of nitrogens with zero attached hydrogens (tertiary/aromatic N) is 2. The Labute approximate surface area is 235 Å². The van der Waals surface area contributed by atoms with Gasteiger partial charge in [0, 0.05) is 32.5 Å². The average molecular weight is 624 g/mol. The van der Waals surface area contributed by atoms with E-state index >= 15 is 0 Å². The lowest BCUT2D eigenvalue weighted by atomic mass is 9.89. The summed E-state index contributed by atoms with van der Waals surface area (Å²) in [6, 6.07) is 17.7. The zero-order chi connectivity index (χ0) is 26.2. The van der Waals surface area contributed by atoms with Gasteiger partial charge in [0.25, 0.3) is 0 Å². The number of piperidine rings is 1. The van der Waals surface area contributed by atoms with Crippen molar-refractivity contribution in [2.75, 3.05) is 40.3 Å². The van der Waals surface area contributed by atoms with E-state index in [1.54, 1.807) is 6.07 Å². The van der Waals surface area contributed by atoms with Gasteiger partial charge >= 0.3 is 0 Å². The van der Waals surface area contributed by atoms with Crippen LogP contribution in [0.3, 0.4) is 0 Å². The molecule has 0 amide bonds. The Morgan fingerprint density at radius 1 is 1.03 bits per heavy atom. The lowest BCUT2D eigenvalue weighted by Crippen LogP contribution is -2.26. The molecule has 38 heavy (non-hydrogen) atoms. The van der Waals surface area contributed by atoms with Gasteiger partial charge in [-0.1, -0.05) is 12.1 Å². The van der Waals surface area contributed by atoms with Crippen LogP contribution >= 0.6 is 22.6 Å². The highest BCUT2D eigenvalue weighted by Gasteiger charge is 2.21. The Morgan fingerprint density at radius 3 is 2.68 bits per heavy atom. The summed E-state index contributed by atoms with van der Waals surface area (Å²) in [7, 11) is 3.98. The first-order valence-corrected chi connectivity index (χ1v) is 14.1. The molecule has 0 aliphatic carbocycles. The number of ether oxygens (including phenoxy) is 1. The van der Waals surface area contributed by atoms with Crippen LogP contribution in [0.25, 0.3) is 44.3 Å². The topological polar surface area (TPSA) is 69.0 Å². The van der Waals surface area contributed by atoms with Gasteiger partial charge < -0.3 is 19.9 Å². The standard InChI is InChI=1S/C30H31FIN5O/c1-37(2)10-11-38-21-13-19(12-20(31)14-21)22-4-3-5-27-24(22)16-29(34-27)30-25-15-23(18-6-8-33-9-7-18)26(32)17-28(25)35-36-30/h3-5,12-18,33-34H,6-11H2,1-2H3,(H,35,36). The molecule has 3 heterocycles. The van der Waals surface area contributed by atoms with Gasteiger partial charge in [-0.15, -0.1) is 0 Å². The third-order valence-electron chi connectivity index (χ3n) is 7.37. The number of aromatic nitrogens is 3. The number of rotatable bonds is 7. The second-order valence-corrected chi connectivity index (χ2v) is 11.5. The van der Waals surface area contributed by atoms with E-state index in [4.69, 9.17) is 9.84 Å². The molecule has 5 aromatic rings. The Morgan fingerprint density at radius 2 is 1.87 bits per heavy atom. The molecular weight excluding hydrogens is 592 g/mol. The normalized spacial score (nSPS) is 14.7. The van der Waals surface area contributed by atoms with Crippen molar-refractivity contribution in [3.63, 3.8) is 0 Å². The van der Waals surface area contributed by atoms with Crippen LogP contribution in [-0.4, -0.2) is 60.4 Å². The maximum Gasteiger partial charge on any atom is 0.127 e. The molecule has 0 atom stereocenters. The van der Waals surface area contributed by atoms with Crippen LogP contribution in [0.5, 0.6) is 5.75 Å². The second-order valence-electron chi connectivity index (χ2n) is 10.3. The molecule has 3 aromatic carbocycles. The minimum atomic E-state index is -0.312. The summed E-state index contributed by atoms with van der Waals surface area (Å²) < 4.78 is 21.7. The Kier molecular flexibility index (Phi) is 7.11. The minimum absolute atomic E-state index is 0.312. The Bertz CT molecular complexity index is 1600. The average Bonchev–Trinajstić information content (AvgIpc) is 3.51. The van der Waals surface area contributed by atoms with Crippen LogP contribution in [0.2, 0.25) is 0 Å². The number of hydrogen-bond donors (Lipinski definition) is 3. The monoisotopic (exact) mass is 623 g/mol. The van der Waals surface area contributed by atoms with Crippen LogP contribution in [0.4, 0.5) is 4.39 Å². The van der Waals surface area contributed by atoms with Crippen molar-refractivity contribution in [3.05, 3.63) is 69.5 Å². The van der Waals surface area contributed by atoms with E-state index in [-0.39, 0.29) is 5.82 Å². The lowest BCUT2D eigenvalue weighted by molar-refractivity contribution is 0.260. The first-order chi connectivity index (χ1) is 18.5. The highest BCUT2D eigenvalue weighted by atomic mass is 127. The summed E-state index contributed by atoms with van der Waals surface area (Å²) in [6.07, 6.45) is 2.30. The van der Waals surface area contributed by atoms with Crippen molar-refractivity contribution < 1.29 is 9.13 Å². The van der Waals surface area contributed by atoms with E-state index in [0.29, 0.717) is 18.3 Å². The molecule has 0 radical (unpaired) electrons. The Balaban J connectivity index is 1.39. The molecule has 0 spiro atoms. The Hall–Kier alpha value is -2.95. The maximum atomic E-state index is 14.6. The van der Waals surface area contributed by atoms with Crippen LogP contribution in [0, 0.1) is 9.39 Å². The van der Waals surface area contributed by atoms with Gasteiger partial charge in [0.15, 0.2) is 0 Å². The summed E-state index contributed by atoms with van der Waals surface area (Å²) in [5.74, 6) is 0.785. The van der Waals surface area contributed by atoms with E-state index < -0.39 is 0 Å². The molecule has 6 nitrogen and oxygen atoms in total. The van der Waals surface area contributed by atoms with Crippen molar-refractivity contribution in [1.82, 2.24) is 25.4 Å². The van der Waals surface area contributed by atoms with Gasteiger partial charge in [-0.25, -0.2) is 4.39 Å². The van der Waals surface area contributed by atoms with Gasteiger partial charge in [-0.3, -0.25) is 5.10 Å². The van der Waals surface area contributed by atoms with Gasteiger partial charge in [-0.2, -0.15) is 5.10 Å². The van der Waals surface area contributed by atoms with E-state index in [1.807, 2.05) is 43.3 Å². The third kappa shape index (κ3) is 5.04. The smallest absolute Gasteiger partial charge is 0.127 e. The highest BCUT2D eigenvalue weighted by Crippen LogP contribution is 2.38. The predicted octanol–water partition coefficient (Wildman–Crippen LogP) is 6.53. The van der Waals surface area contributed by atoms with Crippen molar-refractivity contribution >= 4 is 44.4 Å². The van der Waals surface area contributed by atoms with Gasteiger partial charge in [0.05, 0.1) is 11.2 Å². The van der Waals surface area contributed by atoms with E-state index in [1.165, 1.54) is 15.2 Å². The fraction of sp³-hybridized carbons (Fsp3) is 0.300. The molecule has 1 aliphatic heterocycles. The zero-order valence-corrected chi connectivity index (χ0v) is 23.7. The first kappa shape index (κ1) is 25.3. The van der Waals surface area contributed by atoms with Crippen molar-refractivity contribution in [3.8, 4) is 28.3 Å². The summed E-state index contributed by atoms with van der Waals surface area (Å²) in [5.41, 5.74) is 7.00. The highest BCUT2D eigenvalue weighted by molar-refractivity contribution is 14.1. The molecule has 0 unspecified atom stereocenters. The van der Waals surface area contributed by atoms with Gasteiger partial charge in [0.1, 0.15) is 23.9 Å². The quantitative estimate of drug-likeness (QED) is 0.181. The van der Waals surface area contributed by atoms with Gasteiger partial charge in [0.2, 0.25) is 0 Å². The van der Waals surface area contributed by atoms with E-state index in [9.17, 15) is 4.39 Å². The number of nitrogens with one attached hydrogen (secondary N) is 3. The number of aromatic amines is 2. The SMILES string of the molecule is CN(C)CCOc1cc(F)cc(-c2cccc3[nH]c(-c4n[nH]c5cc(I)c(C6CCNCC6)cc45)cc23)c1. The molecule has 3 N–H and O–H groups in total. The molecule has 2 aromatic heterocycles. The predicted molar refractivity (Wildman–Crippen MR) is 160 cm³/mol. The summed E-state index contributed by atoms with van der Waals surface area (Å²) >= 11 is 2.45. The molecular formula is C30H31FIN5O. The van der Waals surface area contributed by atoms with Gasteiger partial charge in [-0.05, 0) is 122 Å². The largest absolute Gasteiger partial charge is 0.492 e. The molecule has 8 heteroatoms. The fourth-order valence-electron chi connectivity index (χ4n) is 5.39. The second kappa shape index (κ2) is 10.7. The molecule has 1 fully saturated rings. The van der Waals surface area contributed by atoms with Crippen molar-refractivity contribution in [2.24, 2.45) is 0 Å². The number of H-pyrrole nitrogens is 2. The fourth-order valence-corrected chi connectivity index (χ4v) is 6.30. The van der Waals surface area contributed by atoms with Crippen molar-refractivity contribution in [1.29, 1.82) is 0 Å². The van der Waals surface area contributed by atoms with Crippen LogP contribution in [-0.2, 0) is 0 Å². The third-order valence-corrected chi connectivity index (χ3v) is 8.30. The van der Waals surface area contributed by atoms with E-state index in [0.717, 1.165) is 76.8 Å². The molecule has 1 saturated heterocycles. The van der Waals surface area contributed by atoms with Crippen LogP contribution in [0.15, 0.2) is 54.6 Å². The van der Waals surface area contributed by atoms with Crippen molar-refractivity contribution in [2.45, 2.75) is 18.8 Å². The lowest BCUT2D eigenvalue weighted by Gasteiger charge is -2.24. The van der Waals surface area contributed by atoms with Crippen LogP contribution < -0.4 is 10.1 Å². The van der Waals surface area contributed by atoms with Crippen LogP contribution in [0.1, 0.15) is 24.3 Å². The number of hydrogen-bond acceptors (Lipinski definition) is 4. The van der Waals surface area contributed by atoms with E-state index in [2.05, 4.69) is 56.2 Å². The summed E-state index contributed by atoms with van der Waals surface area (Å²) in [5, 5.41) is 13.6. The maximum absolute atomic E-state index is 14.6. The molecule has 6 rings (SSSR count). The molecule has 1 aliphatic rings. The summed E-state index contributed by atoms with van der Waals surface area (Å²) in [4.78, 5) is 5.60. The minimum Gasteiger partial charge on any atom is -0.492 e. The summed E-state index contributed by atoms with van der Waals surface area (Å²) in [6.45, 7) is 3.38. The molecule has 196 valence electrons. The first-order valence-electron chi connectivity index (χ1n) is 13.0. The number of fused-ring (bicyclic) bond motifs is 2. The number of halogens is 2.